The van der Waals surface area contributed by atoms with Gasteiger partial charge in [0.25, 0.3) is 0 Å². The zero-order chi connectivity index (χ0) is 17.7. The molecule has 1 aromatic carbocycles. The summed E-state index contributed by atoms with van der Waals surface area (Å²) in [4.78, 5) is 12.2. The van der Waals surface area contributed by atoms with Crippen LogP contribution in [0.15, 0.2) is 18.2 Å². The highest BCUT2D eigenvalue weighted by molar-refractivity contribution is 7.54. The van der Waals surface area contributed by atoms with Crippen LogP contribution < -0.4 is 9.47 Å². The van der Waals surface area contributed by atoms with Crippen LogP contribution >= 0.6 is 7.60 Å². The lowest BCUT2D eigenvalue weighted by Gasteiger charge is -2.27. The molecule has 24 heavy (non-hydrogen) atoms. The van der Waals surface area contributed by atoms with E-state index in [1.54, 1.807) is 25.1 Å². The van der Waals surface area contributed by atoms with Crippen molar-refractivity contribution in [2.24, 2.45) is 5.92 Å². The number of hydrogen-bond donors (Lipinski definition) is 0. The fourth-order valence-electron chi connectivity index (χ4n) is 2.44. The Morgan fingerprint density at radius 2 is 2.00 bits per heavy atom. The Hall–Kier alpha value is -2.07. The molecule has 2 atom stereocenters. The van der Waals surface area contributed by atoms with Crippen LogP contribution in [0.2, 0.25) is 0 Å². The Morgan fingerprint density at radius 3 is 2.58 bits per heavy atom. The zero-order valence-electron chi connectivity index (χ0n) is 13.6. The van der Waals surface area contributed by atoms with Crippen molar-refractivity contribution in [2.45, 2.75) is 12.6 Å². The second-order valence-corrected chi connectivity index (χ2v) is 7.19. The van der Waals surface area contributed by atoms with Crippen molar-refractivity contribution in [2.75, 3.05) is 27.6 Å². The van der Waals surface area contributed by atoms with E-state index >= 15 is 0 Å². The SMILES string of the molecule is CCOC(=O)C(C#N)C(c1ccc2c(c1)OCO2)P(=O)(OC)OC. The third kappa shape index (κ3) is 3.39. The first kappa shape index (κ1) is 18.3. The molecule has 2 unspecified atom stereocenters. The third-order valence-corrected chi connectivity index (χ3v) is 5.88. The summed E-state index contributed by atoms with van der Waals surface area (Å²) in [5.41, 5.74) is -0.767. The van der Waals surface area contributed by atoms with E-state index < -0.39 is 25.1 Å². The average molecular weight is 355 g/mol. The van der Waals surface area contributed by atoms with Gasteiger partial charge in [0, 0.05) is 14.2 Å². The number of hydrogen-bond acceptors (Lipinski definition) is 8. The summed E-state index contributed by atoms with van der Waals surface area (Å²) in [5, 5.41) is 9.46. The molecule has 0 fully saturated rings. The second-order valence-electron chi connectivity index (χ2n) is 4.82. The smallest absolute Gasteiger partial charge is 0.339 e. The minimum atomic E-state index is -3.81. The molecular weight excluding hydrogens is 337 g/mol. The molecule has 0 N–H and O–H groups in total. The molecule has 1 heterocycles. The Morgan fingerprint density at radius 1 is 1.33 bits per heavy atom. The molecule has 1 aliphatic heterocycles. The fraction of sp³-hybridized carbons (Fsp3) is 0.467. The van der Waals surface area contributed by atoms with Crippen molar-refractivity contribution in [3.8, 4) is 17.6 Å². The first-order chi connectivity index (χ1) is 11.5. The van der Waals surface area contributed by atoms with E-state index in [1.165, 1.54) is 14.2 Å². The van der Waals surface area contributed by atoms with Crippen LogP contribution in [0.1, 0.15) is 18.1 Å². The lowest BCUT2D eigenvalue weighted by molar-refractivity contribution is -0.146. The number of carbonyl (C=O) groups is 1. The molecule has 0 radical (unpaired) electrons. The summed E-state index contributed by atoms with van der Waals surface area (Å²) in [5.74, 6) is -1.21. The van der Waals surface area contributed by atoms with E-state index in [4.69, 9.17) is 23.3 Å². The van der Waals surface area contributed by atoms with Crippen LogP contribution in [0.4, 0.5) is 0 Å². The number of esters is 1. The van der Waals surface area contributed by atoms with E-state index in [0.29, 0.717) is 17.1 Å². The molecule has 0 bridgehead atoms. The van der Waals surface area contributed by atoms with Gasteiger partial charge in [0.15, 0.2) is 17.4 Å². The molecule has 1 aliphatic rings. The summed E-state index contributed by atoms with van der Waals surface area (Å²) >= 11 is 0. The van der Waals surface area contributed by atoms with Crippen molar-refractivity contribution in [1.82, 2.24) is 0 Å². The quantitative estimate of drug-likeness (QED) is 0.543. The molecule has 0 aliphatic carbocycles. The highest BCUT2D eigenvalue weighted by atomic mass is 31.2. The maximum atomic E-state index is 13.0. The lowest BCUT2D eigenvalue weighted by Crippen LogP contribution is -2.24. The van der Waals surface area contributed by atoms with Gasteiger partial charge in [0.2, 0.25) is 6.79 Å². The van der Waals surface area contributed by atoms with Gasteiger partial charge in [0.05, 0.1) is 12.7 Å². The van der Waals surface area contributed by atoms with E-state index in [-0.39, 0.29) is 13.4 Å². The molecule has 0 spiro atoms. The maximum Gasteiger partial charge on any atom is 0.339 e. The Labute approximate surface area is 139 Å². The number of ether oxygens (including phenoxy) is 3. The molecule has 2 rings (SSSR count). The fourth-order valence-corrected chi connectivity index (χ4v) is 4.12. The summed E-state index contributed by atoms with van der Waals surface area (Å²) in [6, 6.07) is 6.61. The third-order valence-electron chi connectivity index (χ3n) is 3.58. The number of benzene rings is 1. The second kappa shape index (κ2) is 7.67. The van der Waals surface area contributed by atoms with Crippen molar-refractivity contribution in [1.29, 1.82) is 5.26 Å². The largest absolute Gasteiger partial charge is 0.465 e. The van der Waals surface area contributed by atoms with E-state index in [2.05, 4.69) is 0 Å². The van der Waals surface area contributed by atoms with Crippen LogP contribution in [0.3, 0.4) is 0 Å². The predicted molar refractivity (Wildman–Crippen MR) is 82.7 cm³/mol. The van der Waals surface area contributed by atoms with E-state index in [9.17, 15) is 14.6 Å². The maximum absolute atomic E-state index is 13.0. The first-order valence-corrected chi connectivity index (χ1v) is 8.78. The molecule has 0 aromatic heterocycles. The van der Waals surface area contributed by atoms with Crippen molar-refractivity contribution >= 4 is 13.6 Å². The monoisotopic (exact) mass is 355 g/mol. The van der Waals surface area contributed by atoms with E-state index in [0.717, 1.165) is 0 Å². The van der Waals surface area contributed by atoms with Crippen molar-refractivity contribution in [3.63, 3.8) is 0 Å². The van der Waals surface area contributed by atoms with Gasteiger partial charge in [-0.25, -0.2) is 0 Å². The summed E-state index contributed by atoms with van der Waals surface area (Å²) in [6.07, 6.45) is 0. The zero-order valence-corrected chi connectivity index (χ0v) is 14.4. The number of fused-ring (bicyclic) bond motifs is 1. The summed E-state index contributed by atoms with van der Waals surface area (Å²) < 4.78 is 38.5. The summed E-state index contributed by atoms with van der Waals surface area (Å²) in [7, 11) is -1.41. The van der Waals surface area contributed by atoms with Gasteiger partial charge in [-0.2, -0.15) is 5.26 Å². The molecule has 130 valence electrons. The molecule has 8 nitrogen and oxygen atoms in total. The number of nitriles is 1. The van der Waals surface area contributed by atoms with E-state index in [1.807, 2.05) is 6.07 Å². The van der Waals surface area contributed by atoms with Crippen LogP contribution in [0, 0.1) is 17.2 Å². The topological polar surface area (TPSA) is 104 Å². The van der Waals surface area contributed by atoms with Crippen LogP contribution in [0.5, 0.6) is 11.5 Å². The van der Waals surface area contributed by atoms with Gasteiger partial charge in [-0.3, -0.25) is 9.36 Å². The summed E-state index contributed by atoms with van der Waals surface area (Å²) in [6.45, 7) is 1.78. The molecule has 1 aromatic rings. The lowest BCUT2D eigenvalue weighted by atomic mass is 9.99. The molecule has 9 heteroatoms. The molecular formula is C15H18NO7P. The highest BCUT2D eigenvalue weighted by Crippen LogP contribution is 2.63. The van der Waals surface area contributed by atoms with Gasteiger partial charge in [-0.1, -0.05) is 6.07 Å². The Balaban J connectivity index is 2.53. The Kier molecular flexibility index (Phi) is 5.84. The van der Waals surface area contributed by atoms with Crippen LogP contribution in [-0.2, 0) is 23.1 Å². The van der Waals surface area contributed by atoms with Crippen molar-refractivity contribution in [3.05, 3.63) is 23.8 Å². The molecule has 0 saturated carbocycles. The van der Waals surface area contributed by atoms with Crippen LogP contribution in [0.25, 0.3) is 0 Å². The highest BCUT2D eigenvalue weighted by Gasteiger charge is 2.46. The molecule has 0 amide bonds. The average Bonchev–Trinajstić information content (AvgIpc) is 3.06. The van der Waals surface area contributed by atoms with Gasteiger partial charge in [-0.05, 0) is 24.6 Å². The van der Waals surface area contributed by atoms with Crippen molar-refractivity contribution < 1.29 is 32.6 Å². The predicted octanol–water partition coefficient (Wildman–Crippen LogP) is 2.65. The first-order valence-electron chi connectivity index (χ1n) is 7.17. The Bertz CT molecular complexity index is 692. The number of nitrogens with zero attached hydrogens (tertiary/aromatic N) is 1. The van der Waals surface area contributed by atoms with Gasteiger partial charge < -0.3 is 23.3 Å². The molecule has 0 saturated heterocycles. The van der Waals surface area contributed by atoms with Gasteiger partial charge in [0.1, 0.15) is 5.66 Å². The minimum Gasteiger partial charge on any atom is -0.465 e. The van der Waals surface area contributed by atoms with Gasteiger partial charge >= 0.3 is 13.6 Å². The van der Waals surface area contributed by atoms with Crippen LogP contribution in [-0.4, -0.2) is 33.6 Å². The standard InChI is InChI=1S/C15H18NO7P/c1-4-21-15(17)11(8-16)14(24(18,19-2)20-3)10-5-6-12-13(7-10)23-9-22-12/h5-7,11,14H,4,9H2,1-3H3. The normalized spacial score (nSPS) is 15.4. The van der Waals surface area contributed by atoms with Gasteiger partial charge in [-0.15, -0.1) is 0 Å². The minimum absolute atomic E-state index is 0.0647. The number of carbonyl (C=O) groups excluding carboxylic acids is 1. The number of rotatable bonds is 7.